The highest BCUT2D eigenvalue weighted by atomic mass is 35.5. The summed E-state index contributed by atoms with van der Waals surface area (Å²) in [5, 5.41) is 11.2. The largest absolute Gasteiger partial charge is 0.459 e. The van der Waals surface area contributed by atoms with Crippen LogP contribution in [-0.2, 0) is 47.7 Å². The van der Waals surface area contributed by atoms with Crippen LogP contribution >= 0.6 is 11.6 Å². The van der Waals surface area contributed by atoms with Crippen LogP contribution in [0, 0.1) is 17.3 Å². The van der Waals surface area contributed by atoms with Crippen LogP contribution in [0.3, 0.4) is 0 Å². The number of alkyl halides is 1. The Hall–Kier alpha value is -3.18. The Bertz CT molecular complexity index is 1160. The molecule has 220 valence electrons. The molecule has 1 aliphatic heterocycles. The molecule has 3 aliphatic rings. The summed E-state index contributed by atoms with van der Waals surface area (Å²) < 4.78 is 28.4. The molecule has 0 aromatic heterocycles. The van der Waals surface area contributed by atoms with Crippen molar-refractivity contribution >= 4 is 41.4 Å². The number of hydrogen-bond donors (Lipinski definition) is 1. The third kappa shape index (κ3) is 5.41. The lowest BCUT2D eigenvalue weighted by atomic mass is 9.54. The van der Waals surface area contributed by atoms with Crippen LogP contribution in [0.2, 0.25) is 0 Å². The Morgan fingerprint density at radius 2 is 1.50 bits per heavy atom. The van der Waals surface area contributed by atoms with Crippen LogP contribution in [-0.4, -0.2) is 76.5 Å². The first kappa shape index (κ1) is 31.3. The Kier molecular flexibility index (Phi) is 8.91. The van der Waals surface area contributed by atoms with Gasteiger partial charge in [0.1, 0.15) is 24.4 Å². The maximum absolute atomic E-state index is 12.9. The van der Waals surface area contributed by atoms with Gasteiger partial charge in [-0.05, 0) is 18.6 Å². The smallest absolute Gasteiger partial charge is 0.312 e. The van der Waals surface area contributed by atoms with Crippen molar-refractivity contribution < 1.29 is 52.8 Å². The van der Waals surface area contributed by atoms with Crippen LogP contribution < -0.4 is 0 Å². The number of ether oxygens (including phenoxy) is 5. The molecule has 0 bridgehead atoms. The van der Waals surface area contributed by atoms with Gasteiger partial charge in [0.25, 0.3) is 0 Å². The van der Waals surface area contributed by atoms with Gasteiger partial charge in [0.2, 0.25) is 0 Å². The molecule has 1 heterocycles. The minimum atomic E-state index is -2.24. The lowest BCUT2D eigenvalue weighted by Crippen LogP contribution is -2.68. The number of hydrogen-bond acceptors (Lipinski definition) is 11. The molecule has 3 rings (SSSR count). The zero-order valence-electron chi connectivity index (χ0n) is 23.3. The molecule has 40 heavy (non-hydrogen) atoms. The van der Waals surface area contributed by atoms with Crippen molar-refractivity contribution in [2.24, 2.45) is 17.3 Å². The Labute approximate surface area is 237 Å². The first-order chi connectivity index (χ1) is 18.5. The fourth-order valence-electron chi connectivity index (χ4n) is 6.20. The molecule has 12 heteroatoms. The molecule has 0 aromatic carbocycles. The number of fused-ring (bicyclic) bond motifs is 2. The quantitative estimate of drug-likeness (QED) is 0.225. The molecule has 1 N–H and O–H groups in total. The van der Waals surface area contributed by atoms with Gasteiger partial charge in [-0.25, -0.2) is 0 Å². The first-order valence-electron chi connectivity index (χ1n) is 12.8. The molecule has 2 fully saturated rings. The van der Waals surface area contributed by atoms with Gasteiger partial charge in [0, 0.05) is 40.0 Å². The van der Waals surface area contributed by atoms with Crippen molar-refractivity contribution in [2.75, 3.05) is 0 Å². The van der Waals surface area contributed by atoms with Gasteiger partial charge in [0.15, 0.2) is 11.7 Å². The second kappa shape index (κ2) is 11.4. The molecule has 0 spiro atoms. The summed E-state index contributed by atoms with van der Waals surface area (Å²) in [5.41, 5.74) is -3.36. The molecule has 10 atom stereocenters. The van der Waals surface area contributed by atoms with Crippen molar-refractivity contribution in [1.82, 2.24) is 0 Å². The van der Waals surface area contributed by atoms with E-state index in [-0.39, 0.29) is 12.0 Å². The molecule has 11 nitrogen and oxygen atoms in total. The number of allylic oxidation sites excluding steroid dienone is 1. The van der Waals surface area contributed by atoms with Gasteiger partial charge in [-0.15, -0.1) is 11.6 Å². The van der Waals surface area contributed by atoms with Crippen LogP contribution in [0.25, 0.3) is 0 Å². The summed E-state index contributed by atoms with van der Waals surface area (Å²) in [6.45, 7) is 15.7. The molecule has 0 unspecified atom stereocenters. The topological polar surface area (TPSA) is 152 Å². The molecule has 2 aliphatic carbocycles. The number of carbonyl (C=O) groups is 5. The number of esters is 5. The van der Waals surface area contributed by atoms with Crippen molar-refractivity contribution in [2.45, 2.75) is 89.5 Å². The van der Waals surface area contributed by atoms with E-state index in [1.54, 1.807) is 6.92 Å². The van der Waals surface area contributed by atoms with Crippen molar-refractivity contribution in [3.63, 3.8) is 0 Å². The highest BCUT2D eigenvalue weighted by Gasteiger charge is 2.70. The third-order valence-electron chi connectivity index (χ3n) is 7.94. The van der Waals surface area contributed by atoms with E-state index in [1.165, 1.54) is 32.9 Å². The molecular formula is C28H35ClO11. The number of rotatable bonds is 4. The summed E-state index contributed by atoms with van der Waals surface area (Å²) in [5.74, 6) is -6.13. The monoisotopic (exact) mass is 582 g/mol. The van der Waals surface area contributed by atoms with Gasteiger partial charge < -0.3 is 28.8 Å². The fraction of sp³-hybridized carbons (Fsp3) is 0.607. The van der Waals surface area contributed by atoms with Gasteiger partial charge in [-0.3, -0.25) is 24.0 Å². The lowest BCUT2D eigenvalue weighted by molar-refractivity contribution is -0.231. The second-order valence-electron chi connectivity index (χ2n) is 10.7. The molecular weight excluding hydrogens is 548 g/mol. The van der Waals surface area contributed by atoms with Crippen LogP contribution in [0.1, 0.15) is 48.0 Å². The van der Waals surface area contributed by atoms with Crippen molar-refractivity contribution in [3.05, 3.63) is 36.5 Å². The van der Waals surface area contributed by atoms with E-state index in [9.17, 15) is 29.1 Å². The normalized spacial score (nSPS) is 40.0. The Morgan fingerprint density at radius 3 is 2.02 bits per heavy atom. The summed E-state index contributed by atoms with van der Waals surface area (Å²) in [7, 11) is 0. The Balaban J connectivity index is 2.45. The zero-order chi connectivity index (χ0) is 30.3. The maximum Gasteiger partial charge on any atom is 0.312 e. The zero-order valence-corrected chi connectivity index (χ0v) is 24.1. The summed E-state index contributed by atoms with van der Waals surface area (Å²) in [6.07, 6.45) is -3.81. The van der Waals surface area contributed by atoms with E-state index in [2.05, 4.69) is 13.2 Å². The van der Waals surface area contributed by atoms with E-state index >= 15 is 0 Å². The molecule has 1 saturated heterocycles. The van der Waals surface area contributed by atoms with Gasteiger partial charge in [-0.2, -0.15) is 0 Å². The Morgan fingerprint density at radius 1 is 0.975 bits per heavy atom. The van der Waals surface area contributed by atoms with E-state index in [1.807, 2.05) is 0 Å². The van der Waals surface area contributed by atoms with Crippen molar-refractivity contribution in [3.8, 4) is 0 Å². The maximum atomic E-state index is 12.9. The van der Waals surface area contributed by atoms with Gasteiger partial charge in [0.05, 0.1) is 16.7 Å². The lowest BCUT2D eigenvalue weighted by Gasteiger charge is -2.56. The number of halogens is 1. The van der Waals surface area contributed by atoms with E-state index < -0.39 is 88.6 Å². The molecule has 0 amide bonds. The fourth-order valence-corrected chi connectivity index (χ4v) is 6.53. The minimum Gasteiger partial charge on any atom is -0.459 e. The SMILES string of the molecule is C=C1/C=C/[C@@H](OC(C)=O)[C@]2(C)[C@H](OC(C)=O)[C@H](OC(C)=O)CC(=C)[C@H]2[C@@H](OC(C)=O)[C@@]2(O)[C@H](C)C(=O)O[C@@H]2[C@@H]1Cl. The third-order valence-corrected chi connectivity index (χ3v) is 8.45. The minimum absolute atomic E-state index is 0.0764. The van der Waals surface area contributed by atoms with Crippen molar-refractivity contribution in [1.29, 1.82) is 0 Å². The number of carbonyl (C=O) groups excluding carboxylic acids is 5. The highest BCUT2D eigenvalue weighted by Crippen LogP contribution is 2.56. The van der Waals surface area contributed by atoms with E-state index in [0.717, 1.165) is 13.8 Å². The molecule has 1 saturated carbocycles. The van der Waals surface area contributed by atoms with Gasteiger partial charge in [-0.1, -0.05) is 31.7 Å². The summed E-state index contributed by atoms with van der Waals surface area (Å²) >= 11 is 6.69. The standard InChI is InChI=1S/C28H35ClO11/c1-12-9-10-20(37-16(5)31)27(8)21(13(2)11-19(36-15(4)30)23(27)38-17(6)32)24(39-18(7)33)28(35)14(3)26(34)40-25(28)22(12)29/h9-10,14,19-25,35H,1-2,11H2,3-8H3/b10-9+/t14-,19-,20-,21+,22-,23-,24-,25-,27+,28+/m1/s1. The van der Waals surface area contributed by atoms with Crippen LogP contribution in [0.5, 0.6) is 0 Å². The average molecular weight is 583 g/mol. The highest BCUT2D eigenvalue weighted by molar-refractivity contribution is 6.23. The molecule has 0 aromatic rings. The van der Waals surface area contributed by atoms with Crippen LogP contribution in [0.15, 0.2) is 36.5 Å². The first-order valence-corrected chi connectivity index (χ1v) is 13.2. The average Bonchev–Trinajstić information content (AvgIpc) is 3.06. The second-order valence-corrected chi connectivity index (χ2v) is 11.2. The molecule has 0 radical (unpaired) electrons. The number of aliphatic hydroxyl groups is 1. The summed E-state index contributed by atoms with van der Waals surface area (Å²) in [6, 6.07) is 0. The predicted molar refractivity (Wildman–Crippen MR) is 139 cm³/mol. The van der Waals surface area contributed by atoms with E-state index in [4.69, 9.17) is 35.3 Å². The summed E-state index contributed by atoms with van der Waals surface area (Å²) in [4.78, 5) is 62.3. The van der Waals surface area contributed by atoms with E-state index in [0.29, 0.717) is 5.57 Å². The predicted octanol–water partition coefficient (Wildman–Crippen LogP) is 2.32. The van der Waals surface area contributed by atoms with Crippen LogP contribution in [0.4, 0.5) is 0 Å². The van der Waals surface area contributed by atoms with Gasteiger partial charge >= 0.3 is 29.8 Å².